The number of carbonyl (C=O) groups is 1. The summed E-state index contributed by atoms with van der Waals surface area (Å²) >= 11 is 5.96. The second-order valence-corrected chi connectivity index (χ2v) is 8.61. The Bertz CT molecular complexity index is 1010. The summed E-state index contributed by atoms with van der Waals surface area (Å²) in [6, 6.07) is 13.9. The molecule has 2 N–H and O–H groups in total. The Balaban J connectivity index is 1.79. The summed E-state index contributed by atoms with van der Waals surface area (Å²) in [6.45, 7) is 2.27. The van der Waals surface area contributed by atoms with E-state index >= 15 is 0 Å². The van der Waals surface area contributed by atoms with Crippen LogP contribution in [-0.4, -0.2) is 26.8 Å². The van der Waals surface area contributed by atoms with E-state index < -0.39 is 17.6 Å². The van der Waals surface area contributed by atoms with Gasteiger partial charge in [-0.2, -0.15) is 5.10 Å². The third kappa shape index (κ3) is 4.15. The smallest absolute Gasteiger partial charge is 0.404 e. The number of carbonyl (C=O) groups excluding carboxylic acids is 1. The van der Waals surface area contributed by atoms with Gasteiger partial charge < -0.3 is 10.5 Å². The van der Waals surface area contributed by atoms with E-state index in [1.54, 1.807) is 4.52 Å². The number of hydrogen-bond acceptors (Lipinski definition) is 4. The van der Waals surface area contributed by atoms with E-state index in [-0.39, 0.29) is 0 Å². The maximum absolute atomic E-state index is 11.9. The molecule has 0 aliphatic heterocycles. The summed E-state index contributed by atoms with van der Waals surface area (Å²) in [5.74, 6) is 0.968. The molecular weight excluding hydrogens is 400 g/mol. The van der Waals surface area contributed by atoms with Crippen LogP contribution in [0.2, 0.25) is 0 Å². The van der Waals surface area contributed by atoms with E-state index in [1.165, 1.54) is 0 Å². The van der Waals surface area contributed by atoms with E-state index in [0.29, 0.717) is 18.2 Å². The minimum Gasteiger partial charge on any atom is -0.445 e. The molecule has 7 heteroatoms. The minimum absolute atomic E-state index is 0.341. The fourth-order valence-electron chi connectivity index (χ4n) is 4.57. The quantitative estimate of drug-likeness (QED) is 0.583. The van der Waals surface area contributed by atoms with Crippen LogP contribution < -0.4 is 5.73 Å². The highest BCUT2D eigenvalue weighted by atomic mass is 35.5. The largest absolute Gasteiger partial charge is 0.445 e. The molecule has 2 aromatic heterocycles. The zero-order valence-corrected chi connectivity index (χ0v) is 17.9. The number of amides is 1. The van der Waals surface area contributed by atoms with Crippen molar-refractivity contribution in [2.24, 2.45) is 11.7 Å². The molecular formula is C23H27ClN4O2. The van der Waals surface area contributed by atoms with Crippen LogP contribution in [0.4, 0.5) is 4.79 Å². The fourth-order valence-corrected chi connectivity index (χ4v) is 4.71. The molecule has 0 bridgehead atoms. The molecule has 30 heavy (non-hydrogen) atoms. The summed E-state index contributed by atoms with van der Waals surface area (Å²) in [7, 11) is 0. The molecule has 6 nitrogen and oxygen atoms in total. The van der Waals surface area contributed by atoms with Gasteiger partial charge in [-0.25, -0.2) is 14.3 Å². The normalized spacial score (nSPS) is 22.7. The highest BCUT2D eigenvalue weighted by Crippen LogP contribution is 2.45. The summed E-state index contributed by atoms with van der Waals surface area (Å²) in [5, 5.41) is 4.55. The van der Waals surface area contributed by atoms with Crippen LogP contribution in [0, 0.1) is 5.92 Å². The van der Waals surface area contributed by atoms with Crippen LogP contribution in [0.5, 0.6) is 0 Å². The van der Waals surface area contributed by atoms with Gasteiger partial charge in [0, 0.05) is 6.42 Å². The Hall–Kier alpha value is -2.60. The number of halogens is 1. The Labute approximate surface area is 181 Å². The minimum atomic E-state index is -0.750. The first-order valence-corrected chi connectivity index (χ1v) is 11.0. The Morgan fingerprint density at radius 1 is 1.27 bits per heavy atom. The molecule has 1 unspecified atom stereocenters. The summed E-state index contributed by atoms with van der Waals surface area (Å²) in [5.41, 5.74) is 8.65. The maximum atomic E-state index is 11.9. The van der Waals surface area contributed by atoms with Crippen molar-refractivity contribution in [2.75, 3.05) is 0 Å². The van der Waals surface area contributed by atoms with E-state index in [1.807, 2.05) is 36.5 Å². The zero-order valence-electron chi connectivity index (χ0n) is 17.1. The molecule has 1 aromatic carbocycles. The number of hydrogen-bond donors (Lipinski definition) is 1. The monoisotopic (exact) mass is 426 g/mol. The van der Waals surface area contributed by atoms with Gasteiger partial charge in [0.15, 0.2) is 5.65 Å². The first-order chi connectivity index (χ1) is 14.5. The number of imidazole rings is 1. The van der Waals surface area contributed by atoms with E-state index in [9.17, 15) is 4.79 Å². The molecule has 158 valence electrons. The molecule has 1 saturated carbocycles. The van der Waals surface area contributed by atoms with Crippen LogP contribution in [-0.2, 0) is 22.5 Å². The van der Waals surface area contributed by atoms with Crippen molar-refractivity contribution in [1.29, 1.82) is 0 Å². The number of aromatic nitrogens is 3. The number of rotatable bonds is 6. The second-order valence-electron chi connectivity index (χ2n) is 8.34. The van der Waals surface area contributed by atoms with Crippen molar-refractivity contribution in [3.63, 3.8) is 0 Å². The van der Waals surface area contributed by atoms with Crippen molar-refractivity contribution in [3.8, 4) is 0 Å². The molecule has 0 spiro atoms. The number of benzene rings is 1. The van der Waals surface area contributed by atoms with Crippen LogP contribution in [0.1, 0.15) is 49.6 Å². The molecule has 1 aliphatic rings. The summed E-state index contributed by atoms with van der Waals surface area (Å²) in [4.78, 5) is 16.8. The molecule has 1 fully saturated rings. The third-order valence-corrected chi connectivity index (χ3v) is 6.60. The van der Waals surface area contributed by atoms with Crippen molar-refractivity contribution < 1.29 is 9.53 Å². The van der Waals surface area contributed by atoms with Gasteiger partial charge in [-0.05, 0) is 49.3 Å². The Kier molecular flexibility index (Phi) is 5.95. The van der Waals surface area contributed by atoms with E-state index in [4.69, 9.17) is 27.1 Å². The first-order valence-electron chi connectivity index (χ1n) is 10.4. The predicted octanol–water partition coefficient (Wildman–Crippen LogP) is 4.62. The van der Waals surface area contributed by atoms with Gasteiger partial charge in [-0.15, -0.1) is 11.6 Å². The summed E-state index contributed by atoms with van der Waals surface area (Å²) in [6.07, 6.45) is 5.25. The molecule has 4 rings (SSSR count). The molecule has 0 radical (unpaired) electrons. The van der Waals surface area contributed by atoms with Gasteiger partial charge >= 0.3 is 6.09 Å². The van der Waals surface area contributed by atoms with Gasteiger partial charge in [-0.1, -0.05) is 37.3 Å². The molecule has 1 amide bonds. The molecule has 2 heterocycles. The molecule has 0 saturated heterocycles. The van der Waals surface area contributed by atoms with Gasteiger partial charge in [-0.3, -0.25) is 0 Å². The number of ether oxygens (including phenoxy) is 1. The molecule has 1 aliphatic carbocycles. The van der Waals surface area contributed by atoms with E-state index in [0.717, 1.165) is 48.3 Å². The van der Waals surface area contributed by atoms with Crippen molar-refractivity contribution in [1.82, 2.24) is 14.6 Å². The Morgan fingerprint density at radius 3 is 2.67 bits per heavy atom. The maximum Gasteiger partial charge on any atom is 0.404 e. The molecule has 3 aromatic rings. The highest BCUT2D eigenvalue weighted by molar-refractivity contribution is 6.16. The average molecular weight is 427 g/mol. The lowest BCUT2D eigenvalue weighted by Gasteiger charge is -2.43. The van der Waals surface area contributed by atoms with Gasteiger partial charge in [0.1, 0.15) is 6.10 Å². The lowest BCUT2D eigenvalue weighted by atomic mass is 9.64. The van der Waals surface area contributed by atoms with Crippen LogP contribution >= 0.6 is 11.6 Å². The van der Waals surface area contributed by atoms with Gasteiger partial charge in [0.25, 0.3) is 0 Å². The first kappa shape index (κ1) is 20.7. The van der Waals surface area contributed by atoms with Gasteiger partial charge in [0.2, 0.25) is 0 Å². The topological polar surface area (TPSA) is 82.5 Å². The number of fused-ring (bicyclic) bond motifs is 1. The zero-order chi connectivity index (χ0) is 21.1. The van der Waals surface area contributed by atoms with Crippen LogP contribution in [0.3, 0.4) is 0 Å². The average Bonchev–Trinajstić information content (AvgIpc) is 3.18. The lowest BCUT2D eigenvalue weighted by molar-refractivity contribution is 0.0238. The number of primary amides is 1. The van der Waals surface area contributed by atoms with Gasteiger partial charge in [0.05, 0.1) is 28.9 Å². The SMILES string of the molecule is CC1CCC(c2cn3nc(CCl)ccc3n2)(C(Cc2ccccc2)OC(N)=O)CC1. The second kappa shape index (κ2) is 8.64. The predicted molar refractivity (Wildman–Crippen MR) is 116 cm³/mol. The van der Waals surface area contributed by atoms with Crippen LogP contribution in [0.25, 0.3) is 5.65 Å². The highest BCUT2D eigenvalue weighted by Gasteiger charge is 2.46. The van der Waals surface area contributed by atoms with Crippen molar-refractivity contribution in [3.05, 3.63) is 65.6 Å². The number of nitrogens with zero attached hydrogens (tertiary/aromatic N) is 3. The fraction of sp³-hybridized carbons (Fsp3) is 0.435. The van der Waals surface area contributed by atoms with Crippen molar-refractivity contribution >= 4 is 23.3 Å². The summed E-state index contributed by atoms with van der Waals surface area (Å²) < 4.78 is 7.55. The standard InChI is InChI=1S/C23H27ClN4O2/c1-16-9-11-23(12-10-16,19-15-28-21(26-19)8-7-18(14-24)27-28)20(30-22(25)29)13-17-5-3-2-4-6-17/h2-8,15-16,20H,9-14H2,1H3,(H2,25,29). The third-order valence-electron chi connectivity index (χ3n) is 6.33. The molecule has 1 atom stereocenters. The number of nitrogens with two attached hydrogens (primary N) is 1. The van der Waals surface area contributed by atoms with Crippen LogP contribution in [0.15, 0.2) is 48.7 Å². The number of alkyl halides is 1. The van der Waals surface area contributed by atoms with Crippen molar-refractivity contribution in [2.45, 2.75) is 56.4 Å². The Morgan fingerprint density at radius 2 is 2.00 bits per heavy atom. The van der Waals surface area contributed by atoms with E-state index in [2.05, 4.69) is 24.2 Å². The lowest BCUT2D eigenvalue weighted by Crippen LogP contribution is -2.47.